The number of ether oxygens (including phenoxy) is 1. The number of rotatable bonds is 4. The normalized spacial score (nSPS) is 27.9. The summed E-state index contributed by atoms with van der Waals surface area (Å²) in [6.45, 7) is 6.11. The van der Waals surface area contributed by atoms with Gasteiger partial charge in [0.1, 0.15) is 0 Å². The highest BCUT2D eigenvalue weighted by Crippen LogP contribution is 2.15. The van der Waals surface area contributed by atoms with Gasteiger partial charge in [-0.15, -0.1) is 0 Å². The first kappa shape index (κ1) is 11.0. The Morgan fingerprint density at radius 3 is 2.69 bits per heavy atom. The van der Waals surface area contributed by atoms with E-state index in [0.717, 1.165) is 19.6 Å². The summed E-state index contributed by atoms with van der Waals surface area (Å²) in [5.74, 6) is 0. The summed E-state index contributed by atoms with van der Waals surface area (Å²) >= 11 is 0. The van der Waals surface area contributed by atoms with Crippen LogP contribution in [0.2, 0.25) is 0 Å². The van der Waals surface area contributed by atoms with Gasteiger partial charge in [0.05, 0.1) is 6.61 Å². The minimum absolute atomic E-state index is 0.291. The topological polar surface area (TPSA) is 38.5 Å². The van der Waals surface area contributed by atoms with Gasteiger partial charge >= 0.3 is 0 Å². The van der Waals surface area contributed by atoms with Gasteiger partial charge in [-0.25, -0.2) is 0 Å². The van der Waals surface area contributed by atoms with Crippen LogP contribution in [0.15, 0.2) is 0 Å². The van der Waals surface area contributed by atoms with Gasteiger partial charge in [-0.1, -0.05) is 0 Å². The second kappa shape index (κ2) is 4.94. The molecule has 1 aliphatic heterocycles. The first-order valence-electron chi connectivity index (χ1n) is 5.16. The maximum Gasteiger partial charge on any atom is 0.0622 e. The van der Waals surface area contributed by atoms with E-state index >= 15 is 0 Å². The molecule has 3 heteroatoms. The predicted octanol–water partition coefficient (Wildman–Crippen LogP) is 0.833. The van der Waals surface area contributed by atoms with Gasteiger partial charge in [0.25, 0.3) is 0 Å². The summed E-state index contributed by atoms with van der Waals surface area (Å²) in [4.78, 5) is 2.40. The van der Waals surface area contributed by atoms with Gasteiger partial charge < -0.3 is 10.5 Å². The number of nitrogens with two attached hydrogens (primary N) is 1. The zero-order valence-electron chi connectivity index (χ0n) is 8.99. The Morgan fingerprint density at radius 1 is 1.54 bits per heavy atom. The molecule has 1 aliphatic rings. The largest absolute Gasteiger partial charge is 0.380 e. The zero-order valence-corrected chi connectivity index (χ0v) is 8.99. The molecule has 13 heavy (non-hydrogen) atoms. The van der Waals surface area contributed by atoms with Gasteiger partial charge in [0.15, 0.2) is 0 Å². The van der Waals surface area contributed by atoms with Crippen molar-refractivity contribution in [1.29, 1.82) is 0 Å². The van der Waals surface area contributed by atoms with Crippen LogP contribution in [0.5, 0.6) is 0 Å². The molecule has 78 valence electrons. The molecule has 3 atom stereocenters. The summed E-state index contributed by atoms with van der Waals surface area (Å²) in [5, 5.41) is 0. The molecular weight excluding hydrogens is 164 g/mol. The van der Waals surface area contributed by atoms with Crippen molar-refractivity contribution >= 4 is 0 Å². The fourth-order valence-corrected chi connectivity index (χ4v) is 1.91. The Morgan fingerprint density at radius 2 is 2.23 bits per heavy atom. The van der Waals surface area contributed by atoms with Crippen LogP contribution in [-0.2, 0) is 4.74 Å². The van der Waals surface area contributed by atoms with Crippen LogP contribution >= 0.6 is 0 Å². The lowest BCUT2D eigenvalue weighted by atomic mass is 10.1. The SMILES string of the molecule is CC(N)CC(C)N(C)C1CCOC1. The van der Waals surface area contributed by atoms with E-state index in [1.54, 1.807) is 0 Å². The lowest BCUT2D eigenvalue weighted by molar-refractivity contribution is 0.132. The summed E-state index contributed by atoms with van der Waals surface area (Å²) in [6.07, 6.45) is 2.23. The molecule has 0 aliphatic carbocycles. The van der Waals surface area contributed by atoms with Crippen molar-refractivity contribution in [2.24, 2.45) is 5.73 Å². The predicted molar refractivity (Wildman–Crippen MR) is 54.7 cm³/mol. The minimum Gasteiger partial charge on any atom is -0.380 e. The molecule has 0 amide bonds. The highest BCUT2D eigenvalue weighted by atomic mass is 16.5. The van der Waals surface area contributed by atoms with Crippen molar-refractivity contribution in [3.63, 3.8) is 0 Å². The third-order valence-corrected chi connectivity index (χ3v) is 2.89. The highest BCUT2D eigenvalue weighted by Gasteiger charge is 2.23. The molecule has 2 N–H and O–H groups in total. The number of nitrogens with zero attached hydrogens (tertiary/aromatic N) is 1. The van der Waals surface area contributed by atoms with Crippen LogP contribution in [0.1, 0.15) is 26.7 Å². The average molecular weight is 186 g/mol. The molecule has 0 spiro atoms. The Balaban J connectivity index is 2.31. The lowest BCUT2D eigenvalue weighted by Crippen LogP contribution is -2.41. The summed E-state index contributed by atoms with van der Waals surface area (Å²) in [7, 11) is 2.17. The maximum atomic E-state index is 5.77. The Bertz CT molecular complexity index is 144. The third kappa shape index (κ3) is 3.25. The van der Waals surface area contributed by atoms with E-state index in [0.29, 0.717) is 18.1 Å². The van der Waals surface area contributed by atoms with Crippen molar-refractivity contribution in [3.8, 4) is 0 Å². The molecule has 3 unspecified atom stereocenters. The van der Waals surface area contributed by atoms with Crippen molar-refractivity contribution in [1.82, 2.24) is 4.90 Å². The first-order chi connectivity index (χ1) is 6.11. The number of likely N-dealkylation sites (N-methyl/N-ethyl adjacent to an activating group) is 1. The van der Waals surface area contributed by atoms with Gasteiger partial charge in [-0.05, 0) is 33.7 Å². The molecule has 0 saturated carbocycles. The smallest absolute Gasteiger partial charge is 0.0622 e. The van der Waals surface area contributed by atoms with Crippen molar-refractivity contribution in [3.05, 3.63) is 0 Å². The van der Waals surface area contributed by atoms with Crippen LogP contribution in [0.25, 0.3) is 0 Å². The second-order valence-electron chi connectivity index (χ2n) is 4.24. The fourth-order valence-electron chi connectivity index (χ4n) is 1.91. The molecule has 3 nitrogen and oxygen atoms in total. The quantitative estimate of drug-likeness (QED) is 0.707. The minimum atomic E-state index is 0.291. The van der Waals surface area contributed by atoms with Crippen molar-refractivity contribution < 1.29 is 4.74 Å². The van der Waals surface area contributed by atoms with E-state index in [9.17, 15) is 0 Å². The van der Waals surface area contributed by atoms with Crippen molar-refractivity contribution in [2.75, 3.05) is 20.3 Å². The summed E-state index contributed by atoms with van der Waals surface area (Å²) in [6, 6.07) is 1.46. The molecular formula is C10H22N2O. The molecule has 1 saturated heterocycles. The molecule has 1 rings (SSSR count). The van der Waals surface area contributed by atoms with Crippen LogP contribution in [0, 0.1) is 0 Å². The van der Waals surface area contributed by atoms with E-state index in [2.05, 4.69) is 25.8 Å². The molecule has 0 aromatic rings. The third-order valence-electron chi connectivity index (χ3n) is 2.89. The van der Waals surface area contributed by atoms with E-state index < -0.39 is 0 Å². The standard InChI is InChI=1S/C10H22N2O/c1-8(11)6-9(2)12(3)10-4-5-13-7-10/h8-10H,4-7,11H2,1-3H3. The number of hydrogen-bond donors (Lipinski definition) is 1. The summed E-state index contributed by atoms with van der Waals surface area (Å²) in [5.41, 5.74) is 5.77. The van der Waals surface area contributed by atoms with Gasteiger partial charge in [0, 0.05) is 24.7 Å². The Hall–Kier alpha value is -0.120. The molecule has 0 bridgehead atoms. The van der Waals surface area contributed by atoms with Crippen LogP contribution in [0.3, 0.4) is 0 Å². The second-order valence-corrected chi connectivity index (χ2v) is 4.24. The van der Waals surface area contributed by atoms with E-state index in [1.807, 2.05) is 0 Å². The van der Waals surface area contributed by atoms with Gasteiger partial charge in [0.2, 0.25) is 0 Å². The van der Waals surface area contributed by atoms with E-state index in [4.69, 9.17) is 10.5 Å². The monoisotopic (exact) mass is 186 g/mol. The zero-order chi connectivity index (χ0) is 9.84. The first-order valence-corrected chi connectivity index (χ1v) is 5.16. The van der Waals surface area contributed by atoms with E-state index in [-0.39, 0.29) is 0 Å². The van der Waals surface area contributed by atoms with Crippen LogP contribution < -0.4 is 5.73 Å². The Kier molecular flexibility index (Phi) is 4.16. The highest BCUT2D eigenvalue weighted by molar-refractivity contribution is 4.78. The molecule has 1 heterocycles. The lowest BCUT2D eigenvalue weighted by Gasteiger charge is -2.30. The van der Waals surface area contributed by atoms with E-state index in [1.165, 1.54) is 6.42 Å². The molecule has 0 aromatic carbocycles. The van der Waals surface area contributed by atoms with Crippen molar-refractivity contribution in [2.45, 2.75) is 44.8 Å². The molecule has 0 aromatic heterocycles. The van der Waals surface area contributed by atoms with Crippen LogP contribution in [-0.4, -0.2) is 43.3 Å². The molecule has 0 radical (unpaired) electrons. The van der Waals surface area contributed by atoms with Crippen LogP contribution in [0.4, 0.5) is 0 Å². The van der Waals surface area contributed by atoms with Gasteiger partial charge in [-0.3, -0.25) is 4.90 Å². The number of hydrogen-bond acceptors (Lipinski definition) is 3. The Labute approximate surface area is 81.2 Å². The maximum absolute atomic E-state index is 5.77. The summed E-state index contributed by atoms with van der Waals surface area (Å²) < 4.78 is 5.36. The average Bonchev–Trinajstić information content (AvgIpc) is 2.53. The molecule has 1 fully saturated rings. The fraction of sp³-hybridized carbons (Fsp3) is 1.00. The van der Waals surface area contributed by atoms with Gasteiger partial charge in [-0.2, -0.15) is 0 Å².